The van der Waals surface area contributed by atoms with E-state index in [1.807, 2.05) is 0 Å². The summed E-state index contributed by atoms with van der Waals surface area (Å²) in [5, 5.41) is 8.81. The van der Waals surface area contributed by atoms with Crippen molar-refractivity contribution in [1.29, 1.82) is 0 Å². The van der Waals surface area contributed by atoms with Gasteiger partial charge in [-0.25, -0.2) is 9.78 Å². The summed E-state index contributed by atoms with van der Waals surface area (Å²) >= 11 is 0. The van der Waals surface area contributed by atoms with Gasteiger partial charge < -0.3 is 14.4 Å². The number of carbonyl (C=O) groups is 2. The van der Waals surface area contributed by atoms with Gasteiger partial charge in [-0.3, -0.25) is 9.36 Å². The monoisotopic (exact) mass is 275 g/mol. The largest absolute Gasteiger partial charge is 0.476 e. The molecule has 20 heavy (non-hydrogen) atoms. The van der Waals surface area contributed by atoms with E-state index >= 15 is 0 Å². The zero-order valence-electron chi connectivity index (χ0n) is 10.7. The molecule has 1 N–H and O–H groups in total. The van der Waals surface area contributed by atoms with Crippen LogP contribution in [0.1, 0.15) is 33.9 Å². The summed E-state index contributed by atoms with van der Waals surface area (Å²) in [5.74, 6) is -0.615. The highest BCUT2D eigenvalue weighted by Gasteiger charge is 2.22. The van der Waals surface area contributed by atoms with E-state index in [1.54, 1.807) is 17.0 Å². The number of carboxylic acid groups (broad SMARTS) is 1. The van der Waals surface area contributed by atoms with Gasteiger partial charge in [-0.1, -0.05) is 0 Å². The van der Waals surface area contributed by atoms with Gasteiger partial charge in [-0.05, 0) is 18.9 Å². The Labute approximate surface area is 114 Å². The zero-order chi connectivity index (χ0) is 14.1. The van der Waals surface area contributed by atoms with Crippen molar-refractivity contribution in [2.24, 2.45) is 0 Å². The first-order chi connectivity index (χ1) is 9.65. The van der Waals surface area contributed by atoms with Crippen LogP contribution in [-0.4, -0.2) is 44.5 Å². The second kappa shape index (κ2) is 4.84. The first kappa shape index (κ1) is 12.5. The molecule has 0 atom stereocenters. The molecule has 0 radical (unpaired) electrons. The summed E-state index contributed by atoms with van der Waals surface area (Å²) in [6, 6.07) is 3.22. The average Bonchev–Trinajstić information content (AvgIpc) is 3.17. The molecular formula is C13H13N3O4. The van der Waals surface area contributed by atoms with Crippen LogP contribution in [-0.2, 0) is 0 Å². The third-order valence-electron chi connectivity index (χ3n) is 3.25. The number of carbonyl (C=O) groups excluding carboxylic acids is 1. The lowest BCUT2D eigenvalue weighted by molar-refractivity contribution is 0.0690. The SMILES string of the molecule is O=C(O)c1cn(-c2ccc(C(=O)N3CCCC3)o2)cn1. The van der Waals surface area contributed by atoms with E-state index in [4.69, 9.17) is 9.52 Å². The zero-order valence-corrected chi connectivity index (χ0v) is 10.7. The second-order valence-electron chi connectivity index (χ2n) is 4.61. The van der Waals surface area contributed by atoms with E-state index < -0.39 is 5.97 Å². The fourth-order valence-electron chi connectivity index (χ4n) is 2.21. The van der Waals surface area contributed by atoms with Crippen LogP contribution < -0.4 is 0 Å². The maximum atomic E-state index is 12.1. The Bertz CT molecular complexity index is 652. The summed E-state index contributed by atoms with van der Waals surface area (Å²) in [5.41, 5.74) is -0.0752. The van der Waals surface area contributed by atoms with Gasteiger partial charge in [0.05, 0.1) is 0 Å². The van der Waals surface area contributed by atoms with Gasteiger partial charge in [0.2, 0.25) is 5.88 Å². The first-order valence-electron chi connectivity index (χ1n) is 6.32. The fourth-order valence-corrected chi connectivity index (χ4v) is 2.21. The maximum Gasteiger partial charge on any atom is 0.356 e. The third-order valence-corrected chi connectivity index (χ3v) is 3.25. The smallest absolute Gasteiger partial charge is 0.356 e. The predicted octanol–water partition coefficient (Wildman–Crippen LogP) is 1.40. The minimum Gasteiger partial charge on any atom is -0.476 e. The summed E-state index contributed by atoms with van der Waals surface area (Å²) < 4.78 is 6.91. The molecule has 0 aromatic carbocycles. The van der Waals surface area contributed by atoms with E-state index in [9.17, 15) is 9.59 Å². The second-order valence-corrected chi connectivity index (χ2v) is 4.61. The van der Waals surface area contributed by atoms with Gasteiger partial charge in [0, 0.05) is 25.4 Å². The first-order valence-corrected chi connectivity index (χ1v) is 6.32. The molecule has 104 valence electrons. The topological polar surface area (TPSA) is 88.6 Å². The van der Waals surface area contributed by atoms with Gasteiger partial charge in [-0.15, -0.1) is 0 Å². The lowest BCUT2D eigenvalue weighted by atomic mass is 10.4. The number of furan rings is 1. The molecule has 3 rings (SSSR count). The van der Waals surface area contributed by atoms with E-state index in [2.05, 4.69) is 4.98 Å². The molecule has 1 aliphatic heterocycles. The van der Waals surface area contributed by atoms with E-state index in [-0.39, 0.29) is 17.4 Å². The Balaban J connectivity index is 1.82. The van der Waals surface area contributed by atoms with Crippen molar-refractivity contribution < 1.29 is 19.1 Å². The molecule has 2 aromatic rings. The number of rotatable bonds is 3. The van der Waals surface area contributed by atoms with Crippen molar-refractivity contribution >= 4 is 11.9 Å². The van der Waals surface area contributed by atoms with E-state index in [0.717, 1.165) is 25.9 Å². The number of likely N-dealkylation sites (tertiary alicyclic amines) is 1. The molecule has 2 aromatic heterocycles. The summed E-state index contributed by atoms with van der Waals surface area (Å²) in [6.45, 7) is 1.51. The number of aromatic carboxylic acids is 1. The van der Waals surface area contributed by atoms with Gasteiger partial charge in [-0.2, -0.15) is 0 Å². The molecule has 7 heteroatoms. The highest BCUT2D eigenvalue weighted by molar-refractivity contribution is 5.92. The summed E-state index contributed by atoms with van der Waals surface area (Å²) in [7, 11) is 0. The molecule has 0 unspecified atom stereocenters. The van der Waals surface area contributed by atoms with Crippen molar-refractivity contribution in [2.75, 3.05) is 13.1 Å². The van der Waals surface area contributed by atoms with Crippen LogP contribution >= 0.6 is 0 Å². The molecule has 1 fully saturated rings. The Morgan fingerprint density at radius 3 is 2.65 bits per heavy atom. The minimum absolute atomic E-state index is 0.0752. The van der Waals surface area contributed by atoms with E-state index in [0.29, 0.717) is 5.88 Å². The summed E-state index contributed by atoms with van der Waals surface area (Å²) in [4.78, 5) is 28.4. The van der Waals surface area contributed by atoms with Gasteiger partial charge in [0.1, 0.15) is 6.33 Å². The van der Waals surface area contributed by atoms with Crippen molar-refractivity contribution in [2.45, 2.75) is 12.8 Å². The van der Waals surface area contributed by atoms with Crippen molar-refractivity contribution in [3.05, 3.63) is 36.1 Å². The molecule has 0 aliphatic carbocycles. The number of amides is 1. The third kappa shape index (κ3) is 2.18. The van der Waals surface area contributed by atoms with Crippen molar-refractivity contribution in [1.82, 2.24) is 14.5 Å². The normalized spacial score (nSPS) is 14.7. The summed E-state index contributed by atoms with van der Waals surface area (Å²) in [6.07, 6.45) is 4.71. The number of aromatic nitrogens is 2. The number of imidazole rings is 1. The van der Waals surface area contributed by atoms with Crippen LogP contribution in [0.2, 0.25) is 0 Å². The molecule has 3 heterocycles. The van der Waals surface area contributed by atoms with Crippen LogP contribution in [0.3, 0.4) is 0 Å². The number of hydrogen-bond acceptors (Lipinski definition) is 4. The lowest BCUT2D eigenvalue weighted by Gasteiger charge is -2.12. The Morgan fingerprint density at radius 2 is 2.00 bits per heavy atom. The maximum absolute atomic E-state index is 12.1. The van der Waals surface area contributed by atoms with Gasteiger partial charge in [0.15, 0.2) is 11.5 Å². The molecule has 0 spiro atoms. The van der Waals surface area contributed by atoms with Crippen LogP contribution in [0.4, 0.5) is 0 Å². The molecular weight excluding hydrogens is 262 g/mol. The highest BCUT2D eigenvalue weighted by atomic mass is 16.4. The predicted molar refractivity (Wildman–Crippen MR) is 67.9 cm³/mol. The fraction of sp³-hybridized carbons (Fsp3) is 0.308. The average molecular weight is 275 g/mol. The standard InChI is InChI=1S/C13H13N3O4/c17-12(15-5-1-2-6-15)10-3-4-11(20-10)16-7-9(13(18)19)14-8-16/h3-4,7-8H,1-2,5-6H2,(H,18,19). The van der Waals surface area contributed by atoms with Gasteiger partial charge >= 0.3 is 5.97 Å². The van der Waals surface area contributed by atoms with Crippen molar-refractivity contribution in [3.8, 4) is 5.88 Å². The Hall–Kier alpha value is -2.57. The molecule has 1 amide bonds. The quantitative estimate of drug-likeness (QED) is 0.914. The Morgan fingerprint density at radius 1 is 1.25 bits per heavy atom. The molecule has 7 nitrogen and oxygen atoms in total. The number of hydrogen-bond donors (Lipinski definition) is 1. The number of nitrogens with zero attached hydrogens (tertiary/aromatic N) is 3. The van der Waals surface area contributed by atoms with Crippen LogP contribution in [0, 0.1) is 0 Å². The lowest BCUT2D eigenvalue weighted by Crippen LogP contribution is -2.27. The molecule has 0 bridgehead atoms. The van der Waals surface area contributed by atoms with Crippen molar-refractivity contribution in [3.63, 3.8) is 0 Å². The molecule has 0 saturated carbocycles. The number of carboxylic acids is 1. The highest BCUT2D eigenvalue weighted by Crippen LogP contribution is 2.18. The van der Waals surface area contributed by atoms with Crippen LogP contribution in [0.15, 0.2) is 29.1 Å². The molecule has 1 aliphatic rings. The van der Waals surface area contributed by atoms with Crippen LogP contribution in [0.5, 0.6) is 0 Å². The Kier molecular flexibility index (Phi) is 3.02. The minimum atomic E-state index is -1.11. The van der Waals surface area contributed by atoms with Crippen LogP contribution in [0.25, 0.3) is 5.88 Å². The van der Waals surface area contributed by atoms with Gasteiger partial charge in [0.25, 0.3) is 5.91 Å². The molecule has 1 saturated heterocycles. The van der Waals surface area contributed by atoms with E-state index in [1.165, 1.54) is 17.1 Å².